The monoisotopic (exact) mass is 327 g/mol. The molecular formula is C17H17Pd+. The van der Waals surface area contributed by atoms with Gasteiger partial charge >= 0.3 is 20.4 Å². The molecule has 2 aromatic rings. The fourth-order valence-corrected chi connectivity index (χ4v) is 2.98. The van der Waals surface area contributed by atoms with Gasteiger partial charge in [0.05, 0.1) is 0 Å². The summed E-state index contributed by atoms with van der Waals surface area (Å²) >= 11 is 0. The summed E-state index contributed by atoms with van der Waals surface area (Å²) in [6, 6.07) is 19.6. The summed E-state index contributed by atoms with van der Waals surface area (Å²) in [4.78, 5) is 0. The first-order chi connectivity index (χ1) is 8.22. The minimum atomic E-state index is 0. The van der Waals surface area contributed by atoms with E-state index in [1.54, 1.807) is 0 Å². The maximum Gasteiger partial charge on any atom is 2.00 e. The Kier molecular flexibility index (Phi) is 3.67. The molecule has 0 amide bonds. The summed E-state index contributed by atoms with van der Waals surface area (Å²) in [5.41, 5.74) is 4.52. The molecule has 0 fully saturated rings. The third-order valence-corrected chi connectivity index (χ3v) is 4.20. The average Bonchev–Trinajstić information content (AvgIpc) is 2.65. The Morgan fingerprint density at radius 2 is 1.56 bits per heavy atom. The topological polar surface area (TPSA) is 0 Å². The predicted molar refractivity (Wildman–Crippen MR) is 72.0 cm³/mol. The van der Waals surface area contributed by atoms with Crippen LogP contribution in [-0.2, 0) is 32.3 Å². The van der Waals surface area contributed by atoms with Gasteiger partial charge < -0.3 is 0 Å². The fourth-order valence-electron chi connectivity index (χ4n) is 2.98. The molecule has 0 saturated carbocycles. The smallest absolute Gasteiger partial charge is 0.185 e. The van der Waals surface area contributed by atoms with E-state index in [1.807, 2.05) is 0 Å². The first-order valence-corrected chi connectivity index (χ1v) is 6.20. The number of benzene rings is 2. The van der Waals surface area contributed by atoms with Gasteiger partial charge in [-0.3, -0.25) is 0 Å². The molecule has 0 N–H and O–H groups in total. The first kappa shape index (κ1) is 13.4. The molecule has 0 bridgehead atoms. The van der Waals surface area contributed by atoms with Gasteiger partial charge in [0.2, 0.25) is 0 Å². The van der Waals surface area contributed by atoms with Gasteiger partial charge in [-0.1, -0.05) is 62.2 Å². The van der Waals surface area contributed by atoms with Crippen molar-refractivity contribution in [3.05, 3.63) is 77.2 Å². The number of hydrogen-bond donors (Lipinski definition) is 0. The quantitative estimate of drug-likeness (QED) is 0.545. The molecule has 18 heavy (non-hydrogen) atoms. The Hall–Kier alpha value is -1.03. The molecular weight excluding hydrogens is 311 g/mol. The van der Waals surface area contributed by atoms with Crippen molar-refractivity contribution in [2.24, 2.45) is 0 Å². The first-order valence-electron chi connectivity index (χ1n) is 6.20. The van der Waals surface area contributed by atoms with E-state index in [0.717, 1.165) is 6.42 Å². The van der Waals surface area contributed by atoms with E-state index in [1.165, 1.54) is 22.6 Å². The summed E-state index contributed by atoms with van der Waals surface area (Å²) in [5.74, 6) is 1.50. The largest absolute Gasteiger partial charge is 2.00 e. The molecule has 0 radical (unpaired) electrons. The van der Waals surface area contributed by atoms with Crippen LogP contribution < -0.4 is 0 Å². The van der Waals surface area contributed by atoms with Crippen LogP contribution in [-0.4, -0.2) is 0 Å². The maximum atomic E-state index is 2.36. The van der Waals surface area contributed by atoms with E-state index in [-0.39, 0.29) is 25.8 Å². The molecule has 1 unspecified atom stereocenters. The standard InChI is InChI=1S/C17H17.Pd/c1-13-16-11-7-6-8-14(16)12-17(13,2)15-9-4-3-5-10-15;/h3-11H,12H2,1-2H3;/q-1;+2. The van der Waals surface area contributed by atoms with Crippen molar-refractivity contribution in [3.8, 4) is 0 Å². The van der Waals surface area contributed by atoms with Crippen LogP contribution in [0.3, 0.4) is 0 Å². The zero-order chi connectivity index (χ0) is 11.9. The Morgan fingerprint density at radius 3 is 2.22 bits per heavy atom. The van der Waals surface area contributed by atoms with Crippen molar-refractivity contribution < 1.29 is 20.4 Å². The Bertz CT molecular complexity index is 532. The fraction of sp³-hybridized carbons (Fsp3) is 0.235. The molecule has 94 valence electrons. The maximum absolute atomic E-state index is 2.36. The third-order valence-electron chi connectivity index (χ3n) is 4.20. The molecule has 1 heteroatoms. The molecule has 3 rings (SSSR count). The van der Waals surface area contributed by atoms with E-state index in [4.69, 9.17) is 0 Å². The number of fused-ring (bicyclic) bond motifs is 1. The van der Waals surface area contributed by atoms with Crippen molar-refractivity contribution in [1.29, 1.82) is 0 Å². The SMILES string of the molecule is C[C-]1c2ccccc2CC1(C)c1ccccc1.[Pd+2]. The van der Waals surface area contributed by atoms with Gasteiger partial charge in [0.25, 0.3) is 0 Å². The van der Waals surface area contributed by atoms with E-state index in [0.29, 0.717) is 0 Å². The predicted octanol–water partition coefficient (Wildman–Crippen LogP) is 4.14. The van der Waals surface area contributed by atoms with E-state index in [2.05, 4.69) is 68.4 Å². The summed E-state index contributed by atoms with van der Waals surface area (Å²) in [5, 5.41) is 0. The summed E-state index contributed by atoms with van der Waals surface area (Å²) < 4.78 is 0. The number of rotatable bonds is 1. The van der Waals surface area contributed by atoms with Crippen LogP contribution in [0.2, 0.25) is 0 Å². The van der Waals surface area contributed by atoms with Crippen LogP contribution >= 0.6 is 0 Å². The van der Waals surface area contributed by atoms with Crippen LogP contribution in [0.1, 0.15) is 30.5 Å². The Labute approximate surface area is 123 Å². The molecule has 1 aliphatic rings. The summed E-state index contributed by atoms with van der Waals surface area (Å²) in [6.45, 7) is 4.64. The van der Waals surface area contributed by atoms with Gasteiger partial charge in [0, 0.05) is 0 Å². The van der Waals surface area contributed by atoms with Crippen LogP contribution in [0, 0.1) is 5.92 Å². The molecule has 1 atom stereocenters. The van der Waals surface area contributed by atoms with Gasteiger partial charge in [-0.25, -0.2) is 0 Å². The molecule has 2 aromatic carbocycles. The molecule has 0 heterocycles. The normalized spacial score (nSPS) is 21.3. The van der Waals surface area contributed by atoms with E-state index in [9.17, 15) is 0 Å². The van der Waals surface area contributed by atoms with Gasteiger partial charge in [-0.05, 0) is 5.41 Å². The second kappa shape index (κ2) is 4.92. The van der Waals surface area contributed by atoms with Crippen molar-refractivity contribution >= 4 is 0 Å². The van der Waals surface area contributed by atoms with Crippen molar-refractivity contribution in [3.63, 3.8) is 0 Å². The molecule has 0 aliphatic heterocycles. The molecule has 0 aromatic heterocycles. The minimum Gasteiger partial charge on any atom is -0.185 e. The van der Waals surface area contributed by atoms with Crippen molar-refractivity contribution in [1.82, 2.24) is 0 Å². The van der Waals surface area contributed by atoms with Crippen molar-refractivity contribution in [2.45, 2.75) is 25.7 Å². The van der Waals surface area contributed by atoms with Crippen LogP contribution in [0.25, 0.3) is 0 Å². The van der Waals surface area contributed by atoms with Gasteiger partial charge in [0.15, 0.2) is 0 Å². The van der Waals surface area contributed by atoms with Gasteiger partial charge in [0.1, 0.15) is 0 Å². The second-order valence-electron chi connectivity index (χ2n) is 5.16. The zero-order valence-corrected chi connectivity index (χ0v) is 12.3. The van der Waals surface area contributed by atoms with Crippen molar-refractivity contribution in [2.75, 3.05) is 0 Å². The average molecular weight is 328 g/mol. The summed E-state index contributed by atoms with van der Waals surface area (Å²) in [7, 11) is 0. The van der Waals surface area contributed by atoms with E-state index >= 15 is 0 Å². The molecule has 0 spiro atoms. The van der Waals surface area contributed by atoms with Crippen LogP contribution in [0.5, 0.6) is 0 Å². The number of hydrogen-bond acceptors (Lipinski definition) is 0. The minimum absolute atomic E-state index is 0. The second-order valence-corrected chi connectivity index (χ2v) is 5.16. The van der Waals surface area contributed by atoms with E-state index < -0.39 is 0 Å². The Morgan fingerprint density at radius 1 is 0.944 bits per heavy atom. The van der Waals surface area contributed by atoms with Crippen LogP contribution in [0.4, 0.5) is 0 Å². The zero-order valence-electron chi connectivity index (χ0n) is 10.7. The molecule has 0 nitrogen and oxygen atoms in total. The Balaban J connectivity index is 0.00000120. The third kappa shape index (κ3) is 1.92. The van der Waals surface area contributed by atoms with Gasteiger partial charge in [-0.15, -0.1) is 17.7 Å². The molecule has 1 aliphatic carbocycles. The van der Waals surface area contributed by atoms with Gasteiger partial charge in [-0.2, -0.15) is 17.5 Å². The summed E-state index contributed by atoms with van der Waals surface area (Å²) in [6.07, 6.45) is 1.12. The molecule has 0 saturated heterocycles. The van der Waals surface area contributed by atoms with Crippen LogP contribution in [0.15, 0.2) is 54.6 Å².